The van der Waals surface area contributed by atoms with Crippen molar-refractivity contribution in [3.63, 3.8) is 0 Å². The lowest BCUT2D eigenvalue weighted by Crippen LogP contribution is -2.50. The van der Waals surface area contributed by atoms with Crippen molar-refractivity contribution in [3.05, 3.63) is 11.8 Å². The smallest absolute Gasteiger partial charge is 0.356 e. The van der Waals surface area contributed by atoms with Crippen LogP contribution in [0.5, 0.6) is 0 Å². The summed E-state index contributed by atoms with van der Waals surface area (Å²) < 4.78 is 10.8. The fourth-order valence-corrected chi connectivity index (χ4v) is 2.33. The van der Waals surface area contributed by atoms with E-state index in [1.54, 1.807) is 20.8 Å². The number of esters is 1. The van der Waals surface area contributed by atoms with Crippen molar-refractivity contribution >= 4 is 17.7 Å². The fraction of sp³-hybridized carbons (Fsp3) is 0.688. The molecule has 1 saturated heterocycles. The standard InChI is InChI=1S/C16H26N4O4/c1-10(2)20-6-7-23-12(9-20)14(21)17-13-8-11(18-19-13)15(22)24-16(3,4)5/h8,10,12H,6-7,9H2,1-5H3,(H2,17,18,19,21). The first-order valence-electron chi connectivity index (χ1n) is 8.11. The average molecular weight is 338 g/mol. The quantitative estimate of drug-likeness (QED) is 0.806. The molecule has 0 radical (unpaired) electrons. The number of ether oxygens (including phenoxy) is 2. The highest BCUT2D eigenvalue weighted by atomic mass is 16.6. The summed E-state index contributed by atoms with van der Waals surface area (Å²) in [6, 6.07) is 1.81. The molecule has 8 heteroatoms. The number of rotatable bonds is 4. The highest BCUT2D eigenvalue weighted by molar-refractivity contribution is 5.95. The molecular weight excluding hydrogens is 312 g/mol. The second-order valence-corrected chi connectivity index (χ2v) is 7.11. The van der Waals surface area contributed by atoms with Crippen molar-refractivity contribution in [2.75, 3.05) is 25.0 Å². The van der Waals surface area contributed by atoms with E-state index in [0.717, 1.165) is 6.54 Å². The molecule has 2 heterocycles. The first-order valence-corrected chi connectivity index (χ1v) is 8.11. The molecular formula is C16H26N4O4. The van der Waals surface area contributed by atoms with Crippen molar-refractivity contribution in [1.82, 2.24) is 15.1 Å². The molecule has 24 heavy (non-hydrogen) atoms. The van der Waals surface area contributed by atoms with Crippen LogP contribution in [0.1, 0.15) is 45.1 Å². The van der Waals surface area contributed by atoms with Gasteiger partial charge in [-0.3, -0.25) is 14.8 Å². The van der Waals surface area contributed by atoms with Crippen molar-refractivity contribution in [2.24, 2.45) is 0 Å². The topological polar surface area (TPSA) is 96.5 Å². The minimum atomic E-state index is -0.595. The summed E-state index contributed by atoms with van der Waals surface area (Å²) >= 11 is 0. The SMILES string of the molecule is CC(C)N1CCOC(C(=O)Nc2cc(C(=O)OC(C)(C)C)[nH]n2)C1. The molecule has 134 valence electrons. The highest BCUT2D eigenvalue weighted by Gasteiger charge is 2.28. The Morgan fingerprint density at radius 1 is 1.46 bits per heavy atom. The van der Waals surface area contributed by atoms with Crippen LogP contribution in [0.3, 0.4) is 0 Å². The Bertz CT molecular complexity index is 591. The van der Waals surface area contributed by atoms with Crippen LogP contribution >= 0.6 is 0 Å². The maximum absolute atomic E-state index is 12.3. The Kier molecular flexibility index (Phi) is 5.61. The second kappa shape index (κ2) is 7.31. The van der Waals surface area contributed by atoms with Gasteiger partial charge in [0, 0.05) is 25.2 Å². The molecule has 1 aliphatic heterocycles. The number of morpholine rings is 1. The Morgan fingerprint density at radius 3 is 2.79 bits per heavy atom. The third kappa shape index (κ3) is 5.04. The number of hydrogen-bond donors (Lipinski definition) is 2. The van der Waals surface area contributed by atoms with Gasteiger partial charge in [-0.05, 0) is 34.6 Å². The molecule has 1 amide bonds. The van der Waals surface area contributed by atoms with Gasteiger partial charge in [-0.2, -0.15) is 5.10 Å². The van der Waals surface area contributed by atoms with Crippen LogP contribution in [0.25, 0.3) is 0 Å². The number of nitrogens with one attached hydrogen (secondary N) is 2. The molecule has 1 aromatic rings. The van der Waals surface area contributed by atoms with Crippen LogP contribution in [0.15, 0.2) is 6.07 Å². The van der Waals surface area contributed by atoms with Crippen LogP contribution in [0, 0.1) is 0 Å². The number of aromatic amines is 1. The molecule has 0 spiro atoms. The number of carbonyl (C=O) groups is 2. The zero-order valence-electron chi connectivity index (χ0n) is 14.9. The third-order valence-electron chi connectivity index (χ3n) is 3.57. The molecule has 1 unspecified atom stereocenters. The van der Waals surface area contributed by atoms with Gasteiger partial charge in [0.1, 0.15) is 17.4 Å². The van der Waals surface area contributed by atoms with Crippen LogP contribution in [-0.2, 0) is 14.3 Å². The van der Waals surface area contributed by atoms with Gasteiger partial charge < -0.3 is 14.8 Å². The molecule has 2 N–H and O–H groups in total. The second-order valence-electron chi connectivity index (χ2n) is 7.11. The Hall–Kier alpha value is -1.93. The Labute approximate surface area is 141 Å². The number of anilines is 1. The average Bonchev–Trinajstić information content (AvgIpc) is 2.94. The lowest BCUT2D eigenvalue weighted by molar-refractivity contribution is -0.133. The summed E-state index contributed by atoms with van der Waals surface area (Å²) in [4.78, 5) is 26.4. The van der Waals surface area contributed by atoms with Crippen molar-refractivity contribution in [3.8, 4) is 0 Å². The van der Waals surface area contributed by atoms with Crippen LogP contribution < -0.4 is 5.32 Å². The van der Waals surface area contributed by atoms with E-state index in [2.05, 4.69) is 34.3 Å². The van der Waals surface area contributed by atoms with Gasteiger partial charge in [-0.25, -0.2) is 4.79 Å². The fourth-order valence-electron chi connectivity index (χ4n) is 2.33. The normalized spacial score (nSPS) is 19.3. The summed E-state index contributed by atoms with van der Waals surface area (Å²) in [5.74, 6) is -0.524. The molecule has 0 bridgehead atoms. The van der Waals surface area contributed by atoms with Crippen molar-refractivity contribution in [1.29, 1.82) is 0 Å². The van der Waals surface area contributed by atoms with Gasteiger partial charge in [0.25, 0.3) is 5.91 Å². The zero-order valence-corrected chi connectivity index (χ0v) is 14.9. The van der Waals surface area contributed by atoms with Crippen LogP contribution in [-0.4, -0.2) is 64.4 Å². The number of hydrogen-bond acceptors (Lipinski definition) is 6. The van der Waals surface area contributed by atoms with Gasteiger partial charge in [0.05, 0.1) is 6.61 Å². The largest absolute Gasteiger partial charge is 0.455 e. The number of amides is 1. The van der Waals surface area contributed by atoms with E-state index in [1.807, 2.05) is 0 Å². The van der Waals surface area contributed by atoms with Crippen molar-refractivity contribution < 1.29 is 19.1 Å². The van der Waals surface area contributed by atoms with Crippen molar-refractivity contribution in [2.45, 2.75) is 52.4 Å². The summed E-state index contributed by atoms with van der Waals surface area (Å²) in [6.45, 7) is 11.4. The van der Waals surface area contributed by atoms with E-state index in [0.29, 0.717) is 19.2 Å². The van der Waals surface area contributed by atoms with E-state index in [-0.39, 0.29) is 17.4 Å². The van der Waals surface area contributed by atoms with Crippen LogP contribution in [0.4, 0.5) is 5.82 Å². The molecule has 1 aliphatic rings. The van der Waals surface area contributed by atoms with E-state index in [9.17, 15) is 9.59 Å². The van der Waals surface area contributed by atoms with E-state index in [1.165, 1.54) is 6.07 Å². The number of nitrogens with zero attached hydrogens (tertiary/aromatic N) is 2. The number of aromatic nitrogens is 2. The summed E-state index contributed by atoms with van der Waals surface area (Å²) in [5.41, 5.74) is -0.407. The molecule has 0 aromatic carbocycles. The summed E-state index contributed by atoms with van der Waals surface area (Å²) in [5, 5.41) is 9.17. The molecule has 1 aromatic heterocycles. The van der Waals surface area contributed by atoms with Gasteiger partial charge in [0.15, 0.2) is 5.82 Å². The predicted octanol–water partition coefficient (Wildman–Crippen LogP) is 1.41. The Balaban J connectivity index is 1.94. The van der Waals surface area contributed by atoms with Crippen LogP contribution in [0.2, 0.25) is 0 Å². The molecule has 0 saturated carbocycles. The van der Waals surface area contributed by atoms with E-state index < -0.39 is 17.7 Å². The molecule has 8 nitrogen and oxygen atoms in total. The lowest BCUT2D eigenvalue weighted by atomic mass is 10.2. The lowest BCUT2D eigenvalue weighted by Gasteiger charge is -2.34. The first kappa shape index (κ1) is 18.4. The van der Waals surface area contributed by atoms with E-state index >= 15 is 0 Å². The Morgan fingerprint density at radius 2 is 2.17 bits per heavy atom. The molecule has 2 rings (SSSR count). The van der Waals surface area contributed by atoms with Gasteiger partial charge >= 0.3 is 5.97 Å². The first-order chi connectivity index (χ1) is 11.2. The maximum Gasteiger partial charge on any atom is 0.356 e. The summed E-state index contributed by atoms with van der Waals surface area (Å²) in [6.07, 6.45) is -0.553. The minimum Gasteiger partial charge on any atom is -0.455 e. The molecule has 1 fully saturated rings. The number of carbonyl (C=O) groups excluding carboxylic acids is 2. The molecule has 1 atom stereocenters. The number of H-pyrrole nitrogens is 1. The maximum atomic E-state index is 12.3. The minimum absolute atomic E-state index is 0.189. The zero-order chi connectivity index (χ0) is 17.9. The van der Waals surface area contributed by atoms with E-state index in [4.69, 9.17) is 9.47 Å². The van der Waals surface area contributed by atoms with Gasteiger partial charge in [0.2, 0.25) is 0 Å². The monoisotopic (exact) mass is 338 g/mol. The summed E-state index contributed by atoms with van der Waals surface area (Å²) in [7, 11) is 0. The van der Waals surface area contributed by atoms with Gasteiger partial charge in [-0.1, -0.05) is 0 Å². The highest BCUT2D eigenvalue weighted by Crippen LogP contribution is 2.14. The molecule has 0 aliphatic carbocycles. The van der Waals surface area contributed by atoms with Gasteiger partial charge in [-0.15, -0.1) is 0 Å². The third-order valence-corrected chi connectivity index (χ3v) is 3.57. The predicted molar refractivity (Wildman–Crippen MR) is 88.8 cm³/mol.